The lowest BCUT2D eigenvalue weighted by Gasteiger charge is -2.14. The Morgan fingerprint density at radius 2 is 2.19 bits per heavy atom. The van der Waals surface area contributed by atoms with E-state index in [0.29, 0.717) is 6.04 Å². The van der Waals surface area contributed by atoms with Crippen LogP contribution in [-0.4, -0.2) is 45.4 Å². The zero-order valence-electron chi connectivity index (χ0n) is 9.69. The molecule has 1 saturated heterocycles. The van der Waals surface area contributed by atoms with Crippen molar-refractivity contribution in [2.45, 2.75) is 12.5 Å². The minimum absolute atomic E-state index is 0.689. The summed E-state index contributed by atoms with van der Waals surface area (Å²) < 4.78 is 1.87. The van der Waals surface area contributed by atoms with Gasteiger partial charge in [0.1, 0.15) is 0 Å². The maximum absolute atomic E-state index is 4.18. The molecule has 0 saturated carbocycles. The minimum Gasteiger partial charge on any atom is -0.312 e. The summed E-state index contributed by atoms with van der Waals surface area (Å²) in [5.41, 5.74) is 1.32. The summed E-state index contributed by atoms with van der Waals surface area (Å²) in [5.74, 6) is 5.15. The number of thioether (sulfide) groups is 2. The lowest BCUT2D eigenvalue weighted by atomic mass is 10.2. The number of nitrogens with one attached hydrogen (secondary N) is 1. The van der Waals surface area contributed by atoms with Gasteiger partial charge in [0.25, 0.3) is 0 Å². The van der Waals surface area contributed by atoms with Crippen LogP contribution in [0.15, 0.2) is 12.4 Å². The maximum Gasteiger partial charge on any atom is 0.0522 e. The van der Waals surface area contributed by atoms with Crippen molar-refractivity contribution in [2.24, 2.45) is 7.05 Å². The van der Waals surface area contributed by atoms with Gasteiger partial charge >= 0.3 is 0 Å². The predicted molar refractivity (Wildman–Crippen MR) is 73.4 cm³/mol. The van der Waals surface area contributed by atoms with Gasteiger partial charge in [-0.2, -0.15) is 28.6 Å². The Kier molecular flexibility index (Phi) is 5.06. The third-order valence-electron chi connectivity index (χ3n) is 2.62. The monoisotopic (exact) mass is 257 g/mol. The predicted octanol–water partition coefficient (Wildman–Crippen LogP) is 1.40. The van der Waals surface area contributed by atoms with E-state index >= 15 is 0 Å². The van der Waals surface area contributed by atoms with Crippen molar-refractivity contribution in [3.05, 3.63) is 18.0 Å². The normalized spacial score (nSPS) is 18.6. The molecule has 90 valence electrons. The largest absolute Gasteiger partial charge is 0.312 e. The summed E-state index contributed by atoms with van der Waals surface area (Å²) in [6.45, 7) is 1.07. The number of rotatable bonds is 4. The zero-order valence-corrected chi connectivity index (χ0v) is 11.3. The van der Waals surface area contributed by atoms with Gasteiger partial charge in [-0.15, -0.1) is 0 Å². The van der Waals surface area contributed by atoms with E-state index in [1.54, 1.807) is 0 Å². The second kappa shape index (κ2) is 6.57. The van der Waals surface area contributed by atoms with Gasteiger partial charge in [-0.05, 0) is 18.5 Å². The summed E-state index contributed by atoms with van der Waals surface area (Å²) in [5, 5.41) is 7.82. The summed E-state index contributed by atoms with van der Waals surface area (Å²) in [6, 6.07) is 0.689. The molecule has 0 bridgehead atoms. The van der Waals surface area contributed by atoms with Crippen LogP contribution in [-0.2, 0) is 13.5 Å². The van der Waals surface area contributed by atoms with Gasteiger partial charge < -0.3 is 5.32 Å². The van der Waals surface area contributed by atoms with Crippen molar-refractivity contribution >= 4 is 23.5 Å². The molecule has 2 heterocycles. The number of aryl methyl sites for hydroxylation is 1. The molecule has 1 N–H and O–H groups in total. The lowest BCUT2D eigenvalue weighted by molar-refractivity contribution is 0.604. The van der Waals surface area contributed by atoms with E-state index in [1.165, 1.54) is 28.6 Å². The molecule has 1 aromatic heterocycles. The number of hydrogen-bond donors (Lipinski definition) is 1. The molecule has 0 spiro atoms. The fraction of sp³-hybridized carbons (Fsp3) is 0.727. The molecule has 0 atom stereocenters. The molecule has 1 aromatic rings. The van der Waals surface area contributed by atoms with Gasteiger partial charge in [-0.25, -0.2) is 0 Å². The smallest absolute Gasteiger partial charge is 0.0522 e. The highest BCUT2D eigenvalue weighted by Crippen LogP contribution is 2.16. The maximum atomic E-state index is 4.18. The molecule has 0 aliphatic carbocycles. The Bertz CT molecular complexity index is 306. The van der Waals surface area contributed by atoms with Gasteiger partial charge in [0, 0.05) is 42.3 Å². The van der Waals surface area contributed by atoms with Crippen LogP contribution in [0.4, 0.5) is 0 Å². The highest BCUT2D eigenvalue weighted by molar-refractivity contribution is 8.03. The molecule has 0 unspecified atom stereocenters. The average Bonchev–Trinajstić information content (AvgIpc) is 2.54. The topological polar surface area (TPSA) is 29.9 Å². The SMILES string of the molecule is Cn1cc(CCNC2CSCCSC2)cn1. The third-order valence-corrected chi connectivity index (χ3v) is 5.14. The fourth-order valence-corrected chi connectivity index (χ4v) is 4.22. The molecular formula is C11H19N3S2. The second-order valence-corrected chi connectivity index (χ2v) is 6.37. The first-order valence-electron chi connectivity index (χ1n) is 5.71. The van der Waals surface area contributed by atoms with Crippen LogP contribution in [0.5, 0.6) is 0 Å². The van der Waals surface area contributed by atoms with Crippen LogP contribution in [0, 0.1) is 0 Å². The molecule has 2 rings (SSSR count). The van der Waals surface area contributed by atoms with E-state index in [0.717, 1.165) is 13.0 Å². The molecule has 1 aliphatic heterocycles. The first-order valence-corrected chi connectivity index (χ1v) is 8.02. The minimum atomic E-state index is 0.689. The number of hydrogen-bond acceptors (Lipinski definition) is 4. The lowest BCUT2D eigenvalue weighted by Crippen LogP contribution is -2.34. The van der Waals surface area contributed by atoms with Gasteiger partial charge in [0.2, 0.25) is 0 Å². The molecule has 5 heteroatoms. The van der Waals surface area contributed by atoms with E-state index in [1.807, 2.05) is 17.9 Å². The summed E-state index contributed by atoms with van der Waals surface area (Å²) in [6.07, 6.45) is 5.14. The van der Waals surface area contributed by atoms with Crippen LogP contribution >= 0.6 is 23.5 Å². The fourth-order valence-electron chi connectivity index (χ4n) is 1.76. The third kappa shape index (κ3) is 4.03. The van der Waals surface area contributed by atoms with Crippen molar-refractivity contribution < 1.29 is 0 Å². The van der Waals surface area contributed by atoms with E-state index in [2.05, 4.69) is 40.1 Å². The Morgan fingerprint density at radius 1 is 1.44 bits per heavy atom. The zero-order chi connectivity index (χ0) is 11.2. The molecule has 0 aromatic carbocycles. The Hall–Kier alpha value is -0.130. The van der Waals surface area contributed by atoms with Crippen LogP contribution < -0.4 is 5.32 Å². The molecule has 1 aliphatic rings. The molecule has 1 fully saturated rings. The quantitative estimate of drug-likeness (QED) is 0.883. The van der Waals surface area contributed by atoms with Crippen molar-refractivity contribution in [1.82, 2.24) is 15.1 Å². The van der Waals surface area contributed by atoms with E-state index in [-0.39, 0.29) is 0 Å². The first-order chi connectivity index (χ1) is 7.84. The Morgan fingerprint density at radius 3 is 2.81 bits per heavy atom. The molecule has 0 amide bonds. The molecule has 0 radical (unpaired) electrons. The van der Waals surface area contributed by atoms with Crippen molar-refractivity contribution in [2.75, 3.05) is 29.6 Å². The van der Waals surface area contributed by atoms with Crippen molar-refractivity contribution in [3.8, 4) is 0 Å². The van der Waals surface area contributed by atoms with Crippen molar-refractivity contribution in [3.63, 3.8) is 0 Å². The molecule has 16 heavy (non-hydrogen) atoms. The molecular weight excluding hydrogens is 238 g/mol. The van der Waals surface area contributed by atoms with E-state index in [9.17, 15) is 0 Å². The van der Waals surface area contributed by atoms with E-state index < -0.39 is 0 Å². The molecule has 3 nitrogen and oxygen atoms in total. The highest BCUT2D eigenvalue weighted by atomic mass is 32.2. The summed E-state index contributed by atoms with van der Waals surface area (Å²) in [7, 11) is 1.97. The Labute approximate surface area is 106 Å². The number of nitrogens with zero attached hydrogens (tertiary/aromatic N) is 2. The van der Waals surface area contributed by atoms with Gasteiger partial charge in [0.15, 0.2) is 0 Å². The van der Waals surface area contributed by atoms with Crippen LogP contribution in [0.25, 0.3) is 0 Å². The second-order valence-electron chi connectivity index (χ2n) is 4.07. The highest BCUT2D eigenvalue weighted by Gasteiger charge is 2.11. The summed E-state index contributed by atoms with van der Waals surface area (Å²) >= 11 is 4.15. The van der Waals surface area contributed by atoms with E-state index in [4.69, 9.17) is 0 Å². The first kappa shape index (κ1) is 12.3. The average molecular weight is 257 g/mol. The van der Waals surface area contributed by atoms with Crippen LogP contribution in [0.2, 0.25) is 0 Å². The van der Waals surface area contributed by atoms with Crippen LogP contribution in [0.3, 0.4) is 0 Å². The van der Waals surface area contributed by atoms with Gasteiger partial charge in [0.05, 0.1) is 6.20 Å². The van der Waals surface area contributed by atoms with Crippen molar-refractivity contribution in [1.29, 1.82) is 0 Å². The summed E-state index contributed by atoms with van der Waals surface area (Å²) in [4.78, 5) is 0. The van der Waals surface area contributed by atoms with Crippen LogP contribution in [0.1, 0.15) is 5.56 Å². The van der Waals surface area contributed by atoms with Gasteiger partial charge in [-0.1, -0.05) is 0 Å². The van der Waals surface area contributed by atoms with Gasteiger partial charge in [-0.3, -0.25) is 4.68 Å². The Balaban J connectivity index is 1.67. The number of aromatic nitrogens is 2. The standard InChI is InChI=1S/C11H19N3S2/c1-14-7-10(6-13-14)2-3-12-11-8-15-4-5-16-9-11/h6-7,11-12H,2-5,8-9H2,1H3.